The minimum Gasteiger partial charge on any atom is -0.258 e. The van der Waals surface area contributed by atoms with Crippen LogP contribution in [0.2, 0.25) is 0 Å². The Balaban J connectivity index is 4.12. The molecule has 0 atom stereocenters. The molecule has 0 aliphatic carbocycles. The second kappa shape index (κ2) is 5.41. The molecule has 0 aromatic heterocycles. The van der Waals surface area contributed by atoms with E-state index in [9.17, 15) is 10.1 Å². The number of allylic oxidation sites excluding steroid dienone is 4. The highest BCUT2D eigenvalue weighted by Crippen LogP contribution is 1.98. The third kappa shape index (κ3) is 4.08. The average Bonchev–Trinajstić information content (AvgIpc) is 1.97. The van der Waals surface area contributed by atoms with Gasteiger partial charge >= 0.3 is 0 Å². The SMILES string of the molecule is C=C/C(=C\C/C=C\C)[N+](=O)[O-]. The van der Waals surface area contributed by atoms with Gasteiger partial charge in [-0.1, -0.05) is 18.7 Å². The molecule has 0 unspecified atom stereocenters. The van der Waals surface area contributed by atoms with Crippen LogP contribution in [0.25, 0.3) is 0 Å². The molecule has 0 aromatic carbocycles. The summed E-state index contributed by atoms with van der Waals surface area (Å²) in [6, 6.07) is 0. The lowest BCUT2D eigenvalue weighted by Crippen LogP contribution is -1.93. The molecule has 0 radical (unpaired) electrons. The van der Waals surface area contributed by atoms with Crippen molar-refractivity contribution in [2.75, 3.05) is 0 Å². The molecule has 3 heteroatoms. The first-order valence-corrected chi connectivity index (χ1v) is 3.30. The largest absolute Gasteiger partial charge is 0.265 e. The van der Waals surface area contributed by atoms with Crippen LogP contribution in [0.3, 0.4) is 0 Å². The maximum atomic E-state index is 10.2. The molecule has 0 aliphatic rings. The van der Waals surface area contributed by atoms with E-state index in [-0.39, 0.29) is 5.70 Å². The van der Waals surface area contributed by atoms with Gasteiger partial charge in [-0.15, -0.1) is 0 Å². The molecule has 0 aromatic rings. The summed E-state index contributed by atoms with van der Waals surface area (Å²) in [6.07, 6.45) is 7.03. The average molecular weight is 153 g/mol. The Morgan fingerprint density at radius 3 is 2.73 bits per heavy atom. The van der Waals surface area contributed by atoms with Crippen LogP contribution in [0.5, 0.6) is 0 Å². The molecule has 0 rings (SSSR count). The van der Waals surface area contributed by atoms with E-state index in [0.29, 0.717) is 6.42 Å². The van der Waals surface area contributed by atoms with Crippen molar-refractivity contribution in [1.29, 1.82) is 0 Å². The Morgan fingerprint density at radius 2 is 2.36 bits per heavy atom. The van der Waals surface area contributed by atoms with Crippen LogP contribution < -0.4 is 0 Å². The molecule has 3 nitrogen and oxygen atoms in total. The van der Waals surface area contributed by atoms with Gasteiger partial charge in [0.1, 0.15) is 0 Å². The van der Waals surface area contributed by atoms with Crippen molar-refractivity contribution < 1.29 is 4.92 Å². The third-order valence-electron chi connectivity index (χ3n) is 1.12. The van der Waals surface area contributed by atoms with Crippen LogP contribution in [0.1, 0.15) is 13.3 Å². The normalized spacial score (nSPS) is 11.9. The second-order valence-electron chi connectivity index (χ2n) is 1.89. The predicted octanol–water partition coefficient (Wildman–Crippen LogP) is 2.30. The van der Waals surface area contributed by atoms with E-state index in [1.54, 1.807) is 0 Å². The summed E-state index contributed by atoms with van der Waals surface area (Å²) < 4.78 is 0. The van der Waals surface area contributed by atoms with Crippen molar-refractivity contribution in [2.24, 2.45) is 0 Å². The third-order valence-corrected chi connectivity index (χ3v) is 1.12. The lowest BCUT2D eigenvalue weighted by Gasteiger charge is -1.87. The monoisotopic (exact) mass is 153 g/mol. The smallest absolute Gasteiger partial charge is 0.258 e. The zero-order valence-corrected chi connectivity index (χ0v) is 6.49. The molecule has 11 heavy (non-hydrogen) atoms. The van der Waals surface area contributed by atoms with Gasteiger partial charge in [0, 0.05) is 6.08 Å². The summed E-state index contributed by atoms with van der Waals surface area (Å²) >= 11 is 0. The van der Waals surface area contributed by atoms with Gasteiger partial charge in [-0.05, 0) is 19.4 Å². The molecular weight excluding hydrogens is 142 g/mol. The number of nitrogens with zero attached hydrogens (tertiary/aromatic N) is 1. The predicted molar refractivity (Wildman–Crippen MR) is 44.7 cm³/mol. The van der Waals surface area contributed by atoms with Crippen molar-refractivity contribution in [2.45, 2.75) is 13.3 Å². The lowest BCUT2D eigenvalue weighted by atomic mass is 10.3. The van der Waals surface area contributed by atoms with Gasteiger partial charge in [-0.25, -0.2) is 0 Å². The van der Waals surface area contributed by atoms with Crippen molar-refractivity contribution in [3.05, 3.63) is 46.7 Å². The lowest BCUT2D eigenvalue weighted by molar-refractivity contribution is -0.419. The first kappa shape index (κ1) is 9.62. The highest BCUT2D eigenvalue weighted by Gasteiger charge is 2.00. The van der Waals surface area contributed by atoms with Crippen LogP contribution in [0.15, 0.2) is 36.6 Å². The first-order chi connectivity index (χ1) is 5.22. The highest BCUT2D eigenvalue weighted by atomic mass is 16.6. The fourth-order valence-corrected chi connectivity index (χ4v) is 0.557. The molecular formula is C8H11NO2. The number of hydrogen-bond acceptors (Lipinski definition) is 2. The van der Waals surface area contributed by atoms with Crippen molar-refractivity contribution >= 4 is 0 Å². The Bertz CT molecular complexity index is 204. The molecule has 0 heterocycles. The molecule has 0 saturated carbocycles. The maximum Gasteiger partial charge on any atom is 0.265 e. The van der Waals surface area contributed by atoms with Gasteiger partial charge < -0.3 is 0 Å². The number of rotatable bonds is 4. The fourth-order valence-electron chi connectivity index (χ4n) is 0.557. The summed E-state index contributed by atoms with van der Waals surface area (Å²) in [4.78, 5) is 9.72. The van der Waals surface area contributed by atoms with Crippen LogP contribution in [-0.4, -0.2) is 4.92 Å². The summed E-state index contributed by atoms with van der Waals surface area (Å²) in [7, 11) is 0. The number of nitro groups is 1. The standard InChI is InChI=1S/C8H11NO2/c1-3-5-6-7-8(4-2)9(10)11/h3-5,7H,2,6H2,1H3/b5-3-,8-7+. The minimum absolute atomic E-state index is 0.0584. The van der Waals surface area contributed by atoms with E-state index in [1.807, 2.05) is 19.1 Å². The second-order valence-corrected chi connectivity index (χ2v) is 1.89. The van der Waals surface area contributed by atoms with E-state index < -0.39 is 4.92 Å². The Kier molecular flexibility index (Phi) is 4.73. The Morgan fingerprint density at radius 1 is 1.73 bits per heavy atom. The summed E-state index contributed by atoms with van der Waals surface area (Å²) in [5, 5.41) is 10.2. The molecule has 60 valence electrons. The summed E-state index contributed by atoms with van der Waals surface area (Å²) in [6.45, 7) is 5.20. The molecule has 0 saturated heterocycles. The van der Waals surface area contributed by atoms with E-state index in [1.165, 1.54) is 12.2 Å². The molecule has 0 fully saturated rings. The highest BCUT2D eigenvalue weighted by molar-refractivity contribution is 5.08. The van der Waals surface area contributed by atoms with Crippen molar-refractivity contribution in [3.8, 4) is 0 Å². The summed E-state index contributed by atoms with van der Waals surface area (Å²) in [5.41, 5.74) is 0.0584. The molecule has 0 bridgehead atoms. The van der Waals surface area contributed by atoms with Crippen LogP contribution in [0.4, 0.5) is 0 Å². The number of hydrogen-bond donors (Lipinski definition) is 0. The molecule has 0 N–H and O–H groups in total. The van der Waals surface area contributed by atoms with E-state index in [4.69, 9.17) is 0 Å². The molecule has 0 aliphatic heterocycles. The molecule has 0 spiro atoms. The zero-order chi connectivity index (χ0) is 8.69. The minimum atomic E-state index is -0.448. The van der Waals surface area contributed by atoms with Gasteiger partial charge in [0.25, 0.3) is 5.70 Å². The quantitative estimate of drug-likeness (QED) is 0.269. The van der Waals surface area contributed by atoms with Gasteiger partial charge in [-0.3, -0.25) is 10.1 Å². The Hall–Kier alpha value is -1.38. The Labute approximate surface area is 65.9 Å². The van der Waals surface area contributed by atoms with Crippen LogP contribution >= 0.6 is 0 Å². The first-order valence-electron chi connectivity index (χ1n) is 3.30. The van der Waals surface area contributed by atoms with Crippen LogP contribution in [0, 0.1) is 10.1 Å². The van der Waals surface area contributed by atoms with Crippen molar-refractivity contribution in [1.82, 2.24) is 0 Å². The van der Waals surface area contributed by atoms with Crippen LogP contribution in [-0.2, 0) is 0 Å². The topological polar surface area (TPSA) is 43.1 Å². The van der Waals surface area contributed by atoms with E-state index in [2.05, 4.69) is 6.58 Å². The van der Waals surface area contributed by atoms with Gasteiger partial charge in [0.15, 0.2) is 0 Å². The fraction of sp³-hybridized carbons (Fsp3) is 0.250. The maximum absolute atomic E-state index is 10.2. The van der Waals surface area contributed by atoms with E-state index >= 15 is 0 Å². The van der Waals surface area contributed by atoms with E-state index in [0.717, 1.165) is 0 Å². The molecule has 0 amide bonds. The van der Waals surface area contributed by atoms with Gasteiger partial charge in [-0.2, -0.15) is 0 Å². The van der Waals surface area contributed by atoms with Gasteiger partial charge in [0.2, 0.25) is 0 Å². The van der Waals surface area contributed by atoms with Gasteiger partial charge in [0.05, 0.1) is 4.92 Å². The van der Waals surface area contributed by atoms with Crippen molar-refractivity contribution in [3.63, 3.8) is 0 Å². The zero-order valence-electron chi connectivity index (χ0n) is 6.49. The summed E-state index contributed by atoms with van der Waals surface area (Å²) in [5.74, 6) is 0.